The topological polar surface area (TPSA) is 50.9 Å². The van der Waals surface area contributed by atoms with Crippen LogP contribution in [0.2, 0.25) is 0 Å². The van der Waals surface area contributed by atoms with Crippen LogP contribution < -0.4 is 11.1 Å². The highest BCUT2D eigenvalue weighted by molar-refractivity contribution is 5.94. The third kappa shape index (κ3) is 2.43. The van der Waals surface area contributed by atoms with Gasteiger partial charge in [-0.25, -0.2) is 0 Å². The Morgan fingerprint density at radius 1 is 1.10 bits per heavy atom. The Labute approximate surface area is 118 Å². The summed E-state index contributed by atoms with van der Waals surface area (Å²) in [5.74, 6) is 0. The second-order valence-electron chi connectivity index (χ2n) is 4.81. The molecule has 0 radical (unpaired) electrons. The first kappa shape index (κ1) is 12.5. The number of nitrogens with zero attached hydrogens (tertiary/aromatic N) is 1. The van der Waals surface area contributed by atoms with Crippen LogP contribution in [0.25, 0.3) is 10.9 Å². The van der Waals surface area contributed by atoms with E-state index < -0.39 is 0 Å². The molecule has 0 unspecified atom stereocenters. The quantitative estimate of drug-likeness (QED) is 0.699. The molecule has 3 rings (SSSR count). The van der Waals surface area contributed by atoms with Gasteiger partial charge >= 0.3 is 0 Å². The Kier molecular flexibility index (Phi) is 3.25. The van der Waals surface area contributed by atoms with Crippen LogP contribution in [0.4, 0.5) is 17.1 Å². The van der Waals surface area contributed by atoms with Crippen molar-refractivity contribution in [3.63, 3.8) is 0 Å². The molecule has 1 heterocycles. The largest absolute Gasteiger partial charge is 0.399 e. The lowest BCUT2D eigenvalue weighted by atomic mass is 10.1. The maximum Gasteiger partial charge on any atom is 0.0743 e. The molecule has 3 heteroatoms. The van der Waals surface area contributed by atoms with E-state index in [0.717, 1.165) is 34.4 Å². The summed E-state index contributed by atoms with van der Waals surface area (Å²) in [5.41, 5.74) is 10.9. The Balaban J connectivity index is 2.02. The van der Waals surface area contributed by atoms with Gasteiger partial charge in [0.1, 0.15) is 0 Å². The highest BCUT2D eigenvalue weighted by Crippen LogP contribution is 2.26. The molecule has 0 saturated heterocycles. The molecular formula is C17H17N3. The van der Waals surface area contributed by atoms with Gasteiger partial charge in [-0.15, -0.1) is 0 Å². The van der Waals surface area contributed by atoms with Gasteiger partial charge in [-0.3, -0.25) is 4.98 Å². The van der Waals surface area contributed by atoms with E-state index in [1.165, 1.54) is 5.56 Å². The summed E-state index contributed by atoms with van der Waals surface area (Å²) in [4.78, 5) is 4.36. The van der Waals surface area contributed by atoms with Crippen LogP contribution in [0.1, 0.15) is 12.5 Å². The molecule has 3 nitrogen and oxygen atoms in total. The SMILES string of the molecule is CCc1cccc(Nc2ccnc3cc(N)ccc23)c1. The van der Waals surface area contributed by atoms with Gasteiger partial charge in [0.15, 0.2) is 0 Å². The van der Waals surface area contributed by atoms with Crippen molar-refractivity contribution < 1.29 is 0 Å². The molecule has 0 spiro atoms. The van der Waals surface area contributed by atoms with E-state index in [0.29, 0.717) is 0 Å². The first-order chi connectivity index (χ1) is 9.76. The Bertz CT molecular complexity index is 750. The third-order valence-electron chi connectivity index (χ3n) is 3.38. The van der Waals surface area contributed by atoms with Gasteiger partial charge in [0, 0.05) is 28.6 Å². The summed E-state index contributed by atoms with van der Waals surface area (Å²) in [5, 5.41) is 4.53. The number of hydrogen-bond acceptors (Lipinski definition) is 3. The second-order valence-corrected chi connectivity index (χ2v) is 4.81. The minimum Gasteiger partial charge on any atom is -0.399 e. The normalized spacial score (nSPS) is 10.7. The summed E-state index contributed by atoms with van der Waals surface area (Å²) in [7, 11) is 0. The van der Waals surface area contributed by atoms with Gasteiger partial charge in [-0.05, 0) is 48.4 Å². The molecule has 0 saturated carbocycles. The molecular weight excluding hydrogens is 246 g/mol. The average Bonchev–Trinajstić information content (AvgIpc) is 2.47. The standard InChI is InChI=1S/C17H17N3/c1-2-12-4-3-5-14(10-12)20-16-8-9-19-17-11-13(18)6-7-15(16)17/h3-11H,2,18H2,1H3,(H,19,20). The maximum atomic E-state index is 5.80. The number of rotatable bonds is 3. The predicted molar refractivity (Wildman–Crippen MR) is 85.3 cm³/mol. The Hall–Kier alpha value is -2.55. The number of aromatic nitrogens is 1. The Morgan fingerprint density at radius 2 is 2.00 bits per heavy atom. The van der Waals surface area contributed by atoms with Crippen LogP contribution >= 0.6 is 0 Å². The number of nitrogens with two attached hydrogens (primary N) is 1. The molecule has 2 aromatic carbocycles. The van der Waals surface area contributed by atoms with E-state index in [9.17, 15) is 0 Å². The molecule has 100 valence electrons. The van der Waals surface area contributed by atoms with Crippen molar-refractivity contribution >= 4 is 28.0 Å². The lowest BCUT2D eigenvalue weighted by Crippen LogP contribution is -1.94. The molecule has 3 aromatic rings. The molecule has 1 aromatic heterocycles. The third-order valence-corrected chi connectivity index (χ3v) is 3.38. The molecule has 0 aliphatic rings. The van der Waals surface area contributed by atoms with Crippen LogP contribution in [0.5, 0.6) is 0 Å². The van der Waals surface area contributed by atoms with Gasteiger partial charge in [-0.1, -0.05) is 19.1 Å². The zero-order valence-electron chi connectivity index (χ0n) is 11.4. The molecule has 0 amide bonds. The fourth-order valence-corrected chi connectivity index (χ4v) is 2.30. The van der Waals surface area contributed by atoms with Crippen LogP contribution in [0, 0.1) is 0 Å². The minimum absolute atomic E-state index is 0.732. The number of anilines is 3. The Morgan fingerprint density at radius 3 is 2.85 bits per heavy atom. The van der Waals surface area contributed by atoms with Crippen molar-refractivity contribution in [2.24, 2.45) is 0 Å². The van der Waals surface area contributed by atoms with E-state index in [1.54, 1.807) is 6.20 Å². The number of nitrogens with one attached hydrogen (secondary N) is 1. The maximum absolute atomic E-state index is 5.80. The van der Waals surface area contributed by atoms with Crippen molar-refractivity contribution in [2.75, 3.05) is 11.1 Å². The fraction of sp³-hybridized carbons (Fsp3) is 0.118. The number of hydrogen-bond donors (Lipinski definition) is 2. The van der Waals surface area contributed by atoms with Gasteiger partial charge < -0.3 is 11.1 Å². The lowest BCUT2D eigenvalue weighted by Gasteiger charge is -2.10. The number of aryl methyl sites for hydroxylation is 1. The summed E-state index contributed by atoms with van der Waals surface area (Å²) < 4.78 is 0. The van der Waals surface area contributed by atoms with Crippen molar-refractivity contribution in [1.29, 1.82) is 0 Å². The monoisotopic (exact) mass is 263 g/mol. The van der Waals surface area contributed by atoms with Crippen molar-refractivity contribution in [1.82, 2.24) is 4.98 Å². The molecule has 0 aliphatic carbocycles. The van der Waals surface area contributed by atoms with E-state index in [1.807, 2.05) is 24.3 Å². The zero-order valence-corrected chi connectivity index (χ0v) is 11.4. The predicted octanol–water partition coefficient (Wildman–Crippen LogP) is 4.12. The number of pyridine rings is 1. The van der Waals surface area contributed by atoms with E-state index >= 15 is 0 Å². The highest BCUT2D eigenvalue weighted by atomic mass is 14.9. The molecule has 0 atom stereocenters. The van der Waals surface area contributed by atoms with Crippen LogP contribution in [-0.4, -0.2) is 4.98 Å². The summed E-state index contributed by atoms with van der Waals surface area (Å²) in [6.45, 7) is 2.16. The van der Waals surface area contributed by atoms with Gasteiger partial charge in [0.25, 0.3) is 0 Å². The van der Waals surface area contributed by atoms with Gasteiger partial charge in [0.05, 0.1) is 5.52 Å². The number of nitrogen functional groups attached to an aromatic ring is 1. The van der Waals surface area contributed by atoms with E-state index in [-0.39, 0.29) is 0 Å². The van der Waals surface area contributed by atoms with Crippen LogP contribution in [-0.2, 0) is 6.42 Å². The first-order valence-corrected chi connectivity index (χ1v) is 6.76. The summed E-state index contributed by atoms with van der Waals surface area (Å²) in [6, 6.07) is 16.2. The summed E-state index contributed by atoms with van der Waals surface area (Å²) in [6.07, 6.45) is 2.83. The van der Waals surface area contributed by atoms with Crippen molar-refractivity contribution in [3.05, 3.63) is 60.3 Å². The summed E-state index contributed by atoms with van der Waals surface area (Å²) >= 11 is 0. The van der Waals surface area contributed by atoms with Gasteiger partial charge in [0.2, 0.25) is 0 Å². The first-order valence-electron chi connectivity index (χ1n) is 6.76. The molecule has 0 bridgehead atoms. The highest BCUT2D eigenvalue weighted by Gasteiger charge is 2.03. The molecule has 0 aliphatic heterocycles. The zero-order chi connectivity index (χ0) is 13.9. The van der Waals surface area contributed by atoms with Gasteiger partial charge in [-0.2, -0.15) is 0 Å². The van der Waals surface area contributed by atoms with Crippen LogP contribution in [0.15, 0.2) is 54.7 Å². The van der Waals surface area contributed by atoms with Crippen LogP contribution in [0.3, 0.4) is 0 Å². The van der Waals surface area contributed by atoms with Crippen molar-refractivity contribution in [3.8, 4) is 0 Å². The second kappa shape index (κ2) is 5.21. The fourth-order valence-electron chi connectivity index (χ4n) is 2.30. The smallest absolute Gasteiger partial charge is 0.0743 e. The molecule has 0 fully saturated rings. The number of fused-ring (bicyclic) bond motifs is 1. The van der Waals surface area contributed by atoms with Crippen molar-refractivity contribution in [2.45, 2.75) is 13.3 Å². The van der Waals surface area contributed by atoms with E-state index in [4.69, 9.17) is 5.73 Å². The molecule has 20 heavy (non-hydrogen) atoms. The lowest BCUT2D eigenvalue weighted by molar-refractivity contribution is 1.14. The van der Waals surface area contributed by atoms with E-state index in [2.05, 4.69) is 41.5 Å². The molecule has 3 N–H and O–H groups in total. The number of benzene rings is 2. The average molecular weight is 263 g/mol. The minimum atomic E-state index is 0.732.